The molecule has 0 spiro atoms. The minimum absolute atomic E-state index is 0.736. The van der Waals surface area contributed by atoms with Crippen molar-refractivity contribution in [2.75, 3.05) is 0 Å². The summed E-state index contributed by atoms with van der Waals surface area (Å²) >= 11 is 2.68. The third kappa shape index (κ3) is 1.13. The van der Waals surface area contributed by atoms with Gasteiger partial charge in [-0.25, -0.2) is 0 Å². The summed E-state index contributed by atoms with van der Waals surface area (Å²) in [4.78, 5) is 0. The van der Waals surface area contributed by atoms with Crippen molar-refractivity contribution in [3.8, 4) is 0 Å². The smallest absolute Gasteiger partial charge is 0.0223 e. The monoisotopic (exact) mass is 235 g/mol. The average Bonchev–Trinajstić information content (AvgIpc) is 1.90. The van der Waals surface area contributed by atoms with Crippen LogP contribution in [0.2, 0.25) is 0 Å². The van der Waals surface area contributed by atoms with E-state index >= 15 is 0 Å². The van der Waals surface area contributed by atoms with Gasteiger partial charge in [-0.1, -0.05) is 22.6 Å². The molecule has 2 bridgehead atoms. The second-order valence-corrected chi connectivity index (χ2v) is 5.69. The van der Waals surface area contributed by atoms with E-state index in [4.69, 9.17) is 0 Å². The van der Waals surface area contributed by atoms with Gasteiger partial charge in [0, 0.05) is 3.42 Å². The van der Waals surface area contributed by atoms with Gasteiger partial charge in [0.1, 0.15) is 0 Å². The summed E-state index contributed by atoms with van der Waals surface area (Å²) in [7, 11) is 0. The topological polar surface area (TPSA) is 0 Å². The third-order valence-corrected chi connectivity index (χ3v) is 4.40. The molecule has 0 aromatic rings. The Kier molecular flexibility index (Phi) is 1.51. The van der Waals surface area contributed by atoms with Crippen LogP contribution < -0.4 is 0 Å². The van der Waals surface area contributed by atoms with E-state index in [1.165, 1.54) is 38.5 Å². The maximum atomic E-state index is 2.68. The zero-order chi connectivity index (χ0) is 6.32. The number of rotatable bonds is 0. The molecule has 0 heterocycles. The van der Waals surface area contributed by atoms with Crippen molar-refractivity contribution in [2.45, 2.75) is 41.9 Å². The molecule has 1 radical (unpaired) electrons. The first kappa shape index (κ1) is 6.44. The normalized spacial score (nSPS) is 33.0. The van der Waals surface area contributed by atoms with Crippen LogP contribution >= 0.6 is 22.6 Å². The molecular formula is C8H12I. The minimum atomic E-state index is 0.736. The molecule has 0 aliphatic heterocycles. The molecule has 3 rings (SSSR count). The molecule has 3 aliphatic rings. The van der Waals surface area contributed by atoms with E-state index in [-0.39, 0.29) is 0 Å². The highest BCUT2D eigenvalue weighted by Gasteiger charge is 2.37. The molecule has 3 fully saturated rings. The van der Waals surface area contributed by atoms with Gasteiger partial charge in [-0.05, 0) is 44.4 Å². The summed E-state index contributed by atoms with van der Waals surface area (Å²) in [6, 6.07) is 0. The van der Waals surface area contributed by atoms with Crippen molar-refractivity contribution in [2.24, 2.45) is 0 Å². The zero-order valence-electron chi connectivity index (χ0n) is 5.62. The fourth-order valence-corrected chi connectivity index (χ4v) is 2.76. The van der Waals surface area contributed by atoms with Crippen molar-refractivity contribution in [3.05, 3.63) is 5.92 Å². The van der Waals surface area contributed by atoms with Gasteiger partial charge in [0.2, 0.25) is 0 Å². The second-order valence-electron chi connectivity index (χ2n) is 3.40. The molecule has 9 heavy (non-hydrogen) atoms. The Morgan fingerprint density at radius 3 is 1.67 bits per heavy atom. The molecular weight excluding hydrogens is 223 g/mol. The van der Waals surface area contributed by atoms with Crippen LogP contribution in [0.5, 0.6) is 0 Å². The summed E-state index contributed by atoms with van der Waals surface area (Å²) in [6.45, 7) is 0. The Morgan fingerprint density at radius 1 is 1.00 bits per heavy atom. The molecule has 0 atom stereocenters. The van der Waals surface area contributed by atoms with Crippen LogP contribution in [-0.4, -0.2) is 3.42 Å². The summed E-state index contributed by atoms with van der Waals surface area (Å²) in [6.07, 6.45) is 8.77. The van der Waals surface area contributed by atoms with Crippen LogP contribution in [0.1, 0.15) is 38.5 Å². The molecule has 51 valence electrons. The van der Waals surface area contributed by atoms with Gasteiger partial charge in [0.15, 0.2) is 0 Å². The first-order chi connectivity index (χ1) is 4.29. The molecule has 1 heteroatoms. The van der Waals surface area contributed by atoms with Crippen LogP contribution in [0.3, 0.4) is 0 Å². The molecule has 0 amide bonds. The van der Waals surface area contributed by atoms with E-state index < -0.39 is 0 Å². The minimum Gasteiger partial charge on any atom is -0.0789 e. The maximum absolute atomic E-state index is 2.68. The van der Waals surface area contributed by atoms with E-state index in [1.54, 1.807) is 0 Å². The van der Waals surface area contributed by atoms with Gasteiger partial charge in [0.05, 0.1) is 0 Å². The Morgan fingerprint density at radius 2 is 1.44 bits per heavy atom. The van der Waals surface area contributed by atoms with E-state index in [2.05, 4.69) is 22.6 Å². The Labute approximate surface area is 70.5 Å². The molecule has 0 N–H and O–H groups in total. The van der Waals surface area contributed by atoms with Crippen LogP contribution in [-0.2, 0) is 0 Å². The molecule has 3 saturated carbocycles. The Balaban J connectivity index is 2.11. The van der Waals surface area contributed by atoms with Gasteiger partial charge in [-0.2, -0.15) is 0 Å². The number of hydrogen-bond donors (Lipinski definition) is 0. The van der Waals surface area contributed by atoms with Crippen LogP contribution in [0.4, 0.5) is 0 Å². The van der Waals surface area contributed by atoms with E-state index in [9.17, 15) is 0 Å². The standard InChI is InChI=1S/C8H12I/c9-8-4-1-7(2-5-8)3-6-8/h1-6H2. The lowest BCUT2D eigenvalue weighted by molar-refractivity contribution is 0.335. The Bertz CT molecular complexity index is 98.0. The summed E-state index contributed by atoms with van der Waals surface area (Å²) < 4.78 is 0.736. The predicted molar refractivity (Wildman–Crippen MR) is 47.7 cm³/mol. The molecule has 0 unspecified atom stereocenters. The highest BCUT2D eigenvalue weighted by atomic mass is 127. The summed E-state index contributed by atoms with van der Waals surface area (Å²) in [5, 5.41) is 0. The number of alkyl halides is 1. The highest BCUT2D eigenvalue weighted by molar-refractivity contribution is 14.1. The largest absolute Gasteiger partial charge is 0.0789 e. The van der Waals surface area contributed by atoms with Crippen molar-refractivity contribution in [1.82, 2.24) is 0 Å². The lowest BCUT2D eigenvalue weighted by Gasteiger charge is -2.42. The zero-order valence-corrected chi connectivity index (χ0v) is 7.78. The van der Waals surface area contributed by atoms with Crippen LogP contribution in [0.15, 0.2) is 0 Å². The van der Waals surface area contributed by atoms with Gasteiger partial charge in [-0.3, -0.25) is 0 Å². The molecule has 0 nitrogen and oxygen atoms in total. The summed E-state index contributed by atoms with van der Waals surface area (Å²) in [5.74, 6) is 1.86. The third-order valence-electron chi connectivity index (χ3n) is 2.78. The quantitative estimate of drug-likeness (QED) is 0.447. The number of hydrogen-bond acceptors (Lipinski definition) is 0. The van der Waals surface area contributed by atoms with E-state index in [0.29, 0.717) is 0 Å². The lowest BCUT2D eigenvalue weighted by Crippen LogP contribution is -2.33. The van der Waals surface area contributed by atoms with Crippen LogP contribution in [0.25, 0.3) is 0 Å². The van der Waals surface area contributed by atoms with Crippen molar-refractivity contribution < 1.29 is 0 Å². The predicted octanol–water partition coefficient (Wildman–Crippen LogP) is 3.10. The fraction of sp³-hybridized carbons (Fsp3) is 0.875. The first-order valence-electron chi connectivity index (χ1n) is 3.81. The Hall–Kier alpha value is 0.730. The average molecular weight is 235 g/mol. The summed E-state index contributed by atoms with van der Waals surface area (Å²) in [5.41, 5.74) is 0. The second kappa shape index (κ2) is 2.11. The van der Waals surface area contributed by atoms with E-state index in [0.717, 1.165) is 3.42 Å². The molecule has 0 aromatic carbocycles. The van der Waals surface area contributed by atoms with Crippen molar-refractivity contribution in [1.29, 1.82) is 0 Å². The first-order valence-corrected chi connectivity index (χ1v) is 4.89. The number of halogens is 1. The number of fused-ring (bicyclic) bond motifs is 3. The fourth-order valence-electron chi connectivity index (χ4n) is 1.95. The van der Waals surface area contributed by atoms with Crippen molar-refractivity contribution >= 4 is 22.6 Å². The maximum Gasteiger partial charge on any atom is 0.0223 e. The van der Waals surface area contributed by atoms with Gasteiger partial charge in [-0.15, -0.1) is 0 Å². The lowest BCUT2D eigenvalue weighted by atomic mass is 9.71. The molecule has 0 saturated heterocycles. The van der Waals surface area contributed by atoms with Crippen molar-refractivity contribution in [3.63, 3.8) is 0 Å². The SMILES string of the molecule is IC12CC[C](CC1)CC2. The van der Waals surface area contributed by atoms with Gasteiger partial charge < -0.3 is 0 Å². The highest BCUT2D eigenvalue weighted by Crippen LogP contribution is 2.50. The van der Waals surface area contributed by atoms with E-state index in [1.807, 2.05) is 5.92 Å². The molecule has 3 aliphatic carbocycles. The van der Waals surface area contributed by atoms with Crippen LogP contribution in [0, 0.1) is 5.92 Å². The van der Waals surface area contributed by atoms with Gasteiger partial charge in [0.25, 0.3) is 0 Å². The van der Waals surface area contributed by atoms with Gasteiger partial charge >= 0.3 is 0 Å². The molecule has 0 aromatic heterocycles.